The fourth-order valence-electron chi connectivity index (χ4n) is 2.83. The van der Waals surface area contributed by atoms with E-state index in [1.807, 2.05) is 30.3 Å². The summed E-state index contributed by atoms with van der Waals surface area (Å²) in [7, 11) is 0. The lowest BCUT2D eigenvalue weighted by Crippen LogP contribution is -2.80. The van der Waals surface area contributed by atoms with E-state index >= 15 is 0 Å². The monoisotopic (exact) mass is 334 g/mol. The van der Waals surface area contributed by atoms with E-state index in [-0.39, 0.29) is 13.2 Å². The number of rotatable bonds is 5. The van der Waals surface area contributed by atoms with E-state index in [1.165, 1.54) is 0 Å². The molecule has 1 heterocycles. The molecule has 7 heteroatoms. The Labute approximate surface area is 141 Å². The van der Waals surface area contributed by atoms with Gasteiger partial charge >= 0.3 is 12.2 Å². The van der Waals surface area contributed by atoms with Crippen LogP contribution in [0.1, 0.15) is 32.8 Å². The van der Waals surface area contributed by atoms with Gasteiger partial charge in [0, 0.05) is 6.42 Å². The Morgan fingerprint density at radius 2 is 1.58 bits per heavy atom. The summed E-state index contributed by atoms with van der Waals surface area (Å²) in [5, 5.41) is 1.82. The number of hydrogen-bond donors (Lipinski definition) is 0. The average molecular weight is 334 g/mol. The summed E-state index contributed by atoms with van der Waals surface area (Å²) in [4.78, 5) is 37.1. The molecule has 2 rings (SSSR count). The van der Waals surface area contributed by atoms with Crippen LogP contribution in [0.5, 0.6) is 0 Å². The number of benzene rings is 1. The number of ether oxygens (including phenoxy) is 2. The quantitative estimate of drug-likeness (QED) is 0.827. The van der Waals surface area contributed by atoms with Crippen LogP contribution in [-0.4, -0.2) is 46.9 Å². The molecule has 1 atom stereocenters. The number of carbonyl (C=O) groups is 3. The lowest BCUT2D eigenvalue weighted by molar-refractivity contribution is -0.200. The molecule has 1 fully saturated rings. The summed E-state index contributed by atoms with van der Waals surface area (Å²) < 4.78 is 9.91. The van der Waals surface area contributed by atoms with Gasteiger partial charge in [-0.1, -0.05) is 37.3 Å². The van der Waals surface area contributed by atoms with Crippen LogP contribution in [0.25, 0.3) is 0 Å². The van der Waals surface area contributed by atoms with Gasteiger partial charge in [-0.05, 0) is 25.8 Å². The molecule has 24 heavy (non-hydrogen) atoms. The Kier molecular flexibility index (Phi) is 5.43. The molecule has 1 saturated heterocycles. The molecular formula is C17H22N2O5. The van der Waals surface area contributed by atoms with Gasteiger partial charge in [0.1, 0.15) is 0 Å². The predicted molar refractivity (Wildman–Crippen MR) is 85.9 cm³/mol. The van der Waals surface area contributed by atoms with Gasteiger partial charge < -0.3 is 9.47 Å². The maximum Gasteiger partial charge on any atom is 0.436 e. The van der Waals surface area contributed by atoms with Gasteiger partial charge in [-0.3, -0.25) is 4.79 Å². The van der Waals surface area contributed by atoms with Crippen molar-refractivity contribution in [3.05, 3.63) is 35.9 Å². The van der Waals surface area contributed by atoms with Crippen molar-refractivity contribution >= 4 is 18.1 Å². The van der Waals surface area contributed by atoms with Gasteiger partial charge in [0.15, 0.2) is 5.54 Å². The Balaban J connectivity index is 2.35. The van der Waals surface area contributed by atoms with Crippen LogP contribution in [-0.2, 0) is 20.7 Å². The van der Waals surface area contributed by atoms with E-state index in [0.29, 0.717) is 12.8 Å². The minimum Gasteiger partial charge on any atom is -0.448 e. The van der Waals surface area contributed by atoms with Crippen LogP contribution in [0, 0.1) is 0 Å². The van der Waals surface area contributed by atoms with E-state index in [1.54, 1.807) is 20.8 Å². The van der Waals surface area contributed by atoms with Crippen LogP contribution in [0.15, 0.2) is 30.3 Å². The van der Waals surface area contributed by atoms with E-state index in [2.05, 4.69) is 0 Å². The molecule has 0 aliphatic carbocycles. The molecule has 0 radical (unpaired) electrons. The molecule has 0 bridgehead atoms. The molecule has 1 unspecified atom stereocenters. The molecule has 0 aromatic heterocycles. The van der Waals surface area contributed by atoms with Crippen LogP contribution in [0.2, 0.25) is 0 Å². The van der Waals surface area contributed by atoms with Crippen LogP contribution in [0.4, 0.5) is 9.59 Å². The van der Waals surface area contributed by atoms with E-state index in [4.69, 9.17) is 9.47 Å². The largest absolute Gasteiger partial charge is 0.448 e. The molecule has 0 saturated carbocycles. The van der Waals surface area contributed by atoms with Crippen molar-refractivity contribution in [3.63, 3.8) is 0 Å². The normalized spacial score (nSPS) is 19.7. The highest BCUT2D eigenvalue weighted by Gasteiger charge is 2.64. The zero-order chi connectivity index (χ0) is 17.7. The molecule has 130 valence electrons. The maximum atomic E-state index is 12.7. The van der Waals surface area contributed by atoms with Crippen molar-refractivity contribution in [2.75, 3.05) is 13.2 Å². The lowest BCUT2D eigenvalue weighted by atomic mass is 9.82. The van der Waals surface area contributed by atoms with Crippen LogP contribution >= 0.6 is 0 Å². The molecule has 3 amide bonds. The number of carbonyl (C=O) groups excluding carboxylic acids is 3. The second-order valence-electron chi connectivity index (χ2n) is 5.37. The number of hydrogen-bond acceptors (Lipinski definition) is 5. The van der Waals surface area contributed by atoms with Crippen molar-refractivity contribution in [1.29, 1.82) is 0 Å². The van der Waals surface area contributed by atoms with Gasteiger partial charge in [0.2, 0.25) is 0 Å². The molecule has 7 nitrogen and oxygen atoms in total. The Morgan fingerprint density at radius 1 is 1.00 bits per heavy atom. The van der Waals surface area contributed by atoms with E-state index in [9.17, 15) is 14.4 Å². The first kappa shape index (κ1) is 17.8. The highest BCUT2D eigenvalue weighted by Crippen LogP contribution is 2.39. The van der Waals surface area contributed by atoms with Crippen LogP contribution in [0.3, 0.4) is 0 Å². The second-order valence-corrected chi connectivity index (χ2v) is 5.37. The summed E-state index contributed by atoms with van der Waals surface area (Å²) in [5.41, 5.74) is -0.245. The molecule has 1 aliphatic heterocycles. The van der Waals surface area contributed by atoms with Crippen molar-refractivity contribution in [3.8, 4) is 0 Å². The highest BCUT2D eigenvalue weighted by molar-refractivity contribution is 6.06. The predicted octanol–water partition coefficient (Wildman–Crippen LogP) is 2.75. The second kappa shape index (κ2) is 7.33. The zero-order valence-electron chi connectivity index (χ0n) is 14.2. The first-order valence-electron chi connectivity index (χ1n) is 8.04. The summed E-state index contributed by atoms with van der Waals surface area (Å²) in [6.07, 6.45) is -0.941. The third-order valence-electron chi connectivity index (χ3n) is 4.00. The maximum absolute atomic E-state index is 12.7. The topological polar surface area (TPSA) is 76.2 Å². The summed E-state index contributed by atoms with van der Waals surface area (Å²) in [6, 6.07) is 9.35. The van der Waals surface area contributed by atoms with Crippen molar-refractivity contribution < 1.29 is 23.9 Å². The number of nitrogens with zero attached hydrogens (tertiary/aromatic N) is 2. The average Bonchev–Trinajstić information content (AvgIpc) is 2.58. The summed E-state index contributed by atoms with van der Waals surface area (Å²) in [5.74, 6) is -0.458. The van der Waals surface area contributed by atoms with Crippen molar-refractivity contribution in [2.24, 2.45) is 0 Å². The van der Waals surface area contributed by atoms with Gasteiger partial charge in [0.05, 0.1) is 13.2 Å². The Hall–Kier alpha value is -2.57. The minimum atomic E-state index is -1.14. The standard InChI is InChI=1S/C17H22N2O5/c1-4-17(12-13-10-8-7-9-11-13)14(20)18(15(21)23-5-2)19(17)16(22)24-6-3/h7-11H,4-6,12H2,1-3H3. The summed E-state index contributed by atoms with van der Waals surface area (Å²) in [6.45, 7) is 5.35. The fourth-order valence-corrected chi connectivity index (χ4v) is 2.83. The number of imide groups is 1. The zero-order valence-corrected chi connectivity index (χ0v) is 14.2. The first-order valence-corrected chi connectivity index (χ1v) is 8.04. The van der Waals surface area contributed by atoms with Crippen LogP contribution < -0.4 is 0 Å². The summed E-state index contributed by atoms with van der Waals surface area (Å²) >= 11 is 0. The Morgan fingerprint density at radius 3 is 2.12 bits per heavy atom. The molecule has 1 aromatic rings. The molecule has 0 spiro atoms. The third-order valence-corrected chi connectivity index (χ3v) is 4.00. The van der Waals surface area contributed by atoms with Gasteiger partial charge in [-0.15, -0.1) is 5.01 Å². The van der Waals surface area contributed by atoms with Crippen molar-refractivity contribution in [2.45, 2.75) is 39.2 Å². The van der Waals surface area contributed by atoms with E-state index < -0.39 is 23.6 Å². The van der Waals surface area contributed by atoms with E-state index in [0.717, 1.165) is 15.6 Å². The minimum absolute atomic E-state index is 0.108. The molecule has 0 N–H and O–H groups in total. The van der Waals surface area contributed by atoms with Crippen molar-refractivity contribution in [1.82, 2.24) is 10.0 Å². The first-order chi connectivity index (χ1) is 11.5. The highest BCUT2D eigenvalue weighted by atomic mass is 16.6. The third kappa shape index (κ3) is 2.93. The molecule has 1 aliphatic rings. The fraction of sp³-hybridized carbons (Fsp3) is 0.471. The van der Waals surface area contributed by atoms with Gasteiger partial charge in [-0.2, -0.15) is 5.01 Å². The number of amides is 3. The van der Waals surface area contributed by atoms with Gasteiger partial charge in [0.25, 0.3) is 5.91 Å². The molecule has 1 aromatic carbocycles. The molecular weight excluding hydrogens is 312 g/mol. The SMILES string of the molecule is CCOC(=O)N1C(=O)C(CC)(Cc2ccccc2)N1C(=O)OCC. The lowest BCUT2D eigenvalue weighted by Gasteiger charge is -2.54. The smallest absolute Gasteiger partial charge is 0.436 e. The Bertz CT molecular complexity index is 619. The van der Waals surface area contributed by atoms with Gasteiger partial charge in [-0.25, -0.2) is 9.59 Å². The number of hydrazine groups is 1.